The molecule has 3 aromatic heterocycles. The van der Waals surface area contributed by atoms with E-state index in [-0.39, 0.29) is 30.1 Å². The number of carbonyl (C=O) groups excluding carboxylic acids is 1. The van der Waals surface area contributed by atoms with Crippen LogP contribution in [0.2, 0.25) is 0 Å². The molecule has 1 aromatic carbocycles. The molecule has 0 spiro atoms. The molecule has 4 aromatic rings. The van der Waals surface area contributed by atoms with Crippen LogP contribution in [0.25, 0.3) is 21.9 Å². The first-order valence-corrected chi connectivity index (χ1v) is 9.10. The first-order valence-electron chi connectivity index (χ1n) is 9.10. The van der Waals surface area contributed by atoms with Crippen LogP contribution in [0.4, 0.5) is 0 Å². The second-order valence-electron chi connectivity index (χ2n) is 6.62. The molecule has 0 aliphatic heterocycles. The minimum atomic E-state index is -0.329. The van der Waals surface area contributed by atoms with Crippen molar-refractivity contribution in [3.8, 4) is 0 Å². The zero-order chi connectivity index (χ0) is 20.5. The molecular formula is C19H19N7O3. The maximum absolute atomic E-state index is 12.8. The van der Waals surface area contributed by atoms with E-state index >= 15 is 0 Å². The zero-order valence-corrected chi connectivity index (χ0v) is 16.0. The van der Waals surface area contributed by atoms with Crippen LogP contribution >= 0.6 is 0 Å². The van der Waals surface area contributed by atoms with Crippen LogP contribution < -0.4 is 11.1 Å². The molecule has 1 N–H and O–H groups in total. The van der Waals surface area contributed by atoms with E-state index in [4.69, 9.17) is 0 Å². The number of hydrogen-bond donors (Lipinski definition) is 1. The Bertz CT molecular complexity index is 1340. The standard InChI is InChI=1S/C19H19N7O3/c1-3-25(9-15-22-14-7-5-4-6-12(14)18(28)23-15)16(27)10-26-11-20-17-13(19(26)29)8-21-24(17)2/h4-8,11H,3,9-10H2,1-2H3,(H,22,23,28). The number of fused-ring (bicyclic) bond motifs is 2. The van der Waals surface area contributed by atoms with Crippen molar-refractivity contribution < 1.29 is 4.79 Å². The third-order valence-electron chi connectivity index (χ3n) is 4.76. The van der Waals surface area contributed by atoms with Gasteiger partial charge in [0.1, 0.15) is 24.1 Å². The fourth-order valence-corrected chi connectivity index (χ4v) is 3.19. The number of H-pyrrole nitrogens is 1. The molecule has 4 rings (SSSR count). The normalized spacial score (nSPS) is 11.2. The second kappa shape index (κ2) is 7.30. The van der Waals surface area contributed by atoms with E-state index in [1.165, 1.54) is 26.7 Å². The molecule has 3 heterocycles. The third kappa shape index (κ3) is 3.40. The van der Waals surface area contributed by atoms with Gasteiger partial charge in [0.15, 0.2) is 5.65 Å². The van der Waals surface area contributed by atoms with Crippen LogP contribution in [-0.4, -0.2) is 46.7 Å². The van der Waals surface area contributed by atoms with Crippen molar-refractivity contribution in [2.75, 3.05) is 6.54 Å². The molecule has 0 aliphatic rings. The highest BCUT2D eigenvalue weighted by molar-refractivity contribution is 5.78. The number of likely N-dealkylation sites (N-methyl/N-ethyl adjacent to an activating group) is 1. The van der Waals surface area contributed by atoms with Gasteiger partial charge in [-0.3, -0.25) is 23.6 Å². The molecule has 0 unspecified atom stereocenters. The lowest BCUT2D eigenvalue weighted by Crippen LogP contribution is -2.37. The molecule has 0 fully saturated rings. The number of carbonyl (C=O) groups is 1. The number of hydrogen-bond acceptors (Lipinski definition) is 6. The first kappa shape index (κ1) is 18.5. The van der Waals surface area contributed by atoms with Gasteiger partial charge in [0.2, 0.25) is 5.91 Å². The Morgan fingerprint density at radius 3 is 2.79 bits per heavy atom. The van der Waals surface area contributed by atoms with Crippen molar-refractivity contribution in [2.45, 2.75) is 20.0 Å². The molecule has 148 valence electrons. The van der Waals surface area contributed by atoms with Crippen molar-refractivity contribution in [2.24, 2.45) is 7.05 Å². The van der Waals surface area contributed by atoms with Crippen LogP contribution in [0.5, 0.6) is 0 Å². The Labute approximate surface area is 164 Å². The SMILES string of the molecule is CCN(Cc1nc2ccccc2c(=O)[nH]1)C(=O)Cn1cnc2c(cnn2C)c1=O. The van der Waals surface area contributed by atoms with E-state index in [1.54, 1.807) is 31.3 Å². The Kier molecular flexibility index (Phi) is 4.67. The van der Waals surface area contributed by atoms with Crippen LogP contribution in [0.1, 0.15) is 12.7 Å². The van der Waals surface area contributed by atoms with Gasteiger partial charge in [-0.2, -0.15) is 5.10 Å². The fourth-order valence-electron chi connectivity index (χ4n) is 3.19. The molecular weight excluding hydrogens is 374 g/mol. The predicted molar refractivity (Wildman–Crippen MR) is 106 cm³/mol. The van der Waals surface area contributed by atoms with Gasteiger partial charge in [-0.25, -0.2) is 9.97 Å². The fraction of sp³-hybridized carbons (Fsp3) is 0.263. The third-order valence-corrected chi connectivity index (χ3v) is 4.76. The van der Waals surface area contributed by atoms with Gasteiger partial charge in [-0.1, -0.05) is 12.1 Å². The van der Waals surface area contributed by atoms with Crippen molar-refractivity contribution in [1.29, 1.82) is 0 Å². The summed E-state index contributed by atoms with van der Waals surface area (Å²) >= 11 is 0. The number of aromatic amines is 1. The van der Waals surface area contributed by atoms with Gasteiger partial charge in [0, 0.05) is 13.6 Å². The molecule has 1 amide bonds. The molecule has 0 radical (unpaired) electrons. The number of nitrogens with one attached hydrogen (secondary N) is 1. The number of para-hydroxylation sites is 1. The number of nitrogens with zero attached hydrogens (tertiary/aromatic N) is 6. The van der Waals surface area contributed by atoms with Crippen molar-refractivity contribution >= 4 is 27.8 Å². The Morgan fingerprint density at radius 2 is 2.00 bits per heavy atom. The summed E-state index contributed by atoms with van der Waals surface area (Å²) in [6, 6.07) is 7.02. The number of amides is 1. The van der Waals surface area contributed by atoms with E-state index in [0.717, 1.165) is 0 Å². The number of aryl methyl sites for hydroxylation is 1. The summed E-state index contributed by atoms with van der Waals surface area (Å²) in [5.74, 6) is 0.104. The topological polar surface area (TPSA) is 119 Å². The summed E-state index contributed by atoms with van der Waals surface area (Å²) in [6.07, 6.45) is 2.78. The summed E-state index contributed by atoms with van der Waals surface area (Å²) < 4.78 is 2.76. The van der Waals surface area contributed by atoms with E-state index < -0.39 is 0 Å². The number of aromatic nitrogens is 6. The zero-order valence-electron chi connectivity index (χ0n) is 16.0. The predicted octanol–water partition coefficient (Wildman–Crippen LogP) is 0.415. The maximum atomic E-state index is 12.8. The number of rotatable bonds is 5. The summed E-state index contributed by atoms with van der Waals surface area (Å²) in [6.45, 7) is 2.18. The van der Waals surface area contributed by atoms with Gasteiger partial charge in [0.05, 0.1) is 23.6 Å². The Balaban J connectivity index is 1.58. The average molecular weight is 393 g/mol. The van der Waals surface area contributed by atoms with E-state index in [0.29, 0.717) is 34.3 Å². The molecule has 0 aliphatic carbocycles. The molecule has 10 nitrogen and oxygen atoms in total. The van der Waals surface area contributed by atoms with Gasteiger partial charge in [-0.05, 0) is 19.1 Å². The summed E-state index contributed by atoms with van der Waals surface area (Å²) in [7, 11) is 1.69. The lowest BCUT2D eigenvalue weighted by atomic mass is 10.2. The van der Waals surface area contributed by atoms with Crippen LogP contribution in [0.15, 0.2) is 46.4 Å². The summed E-state index contributed by atoms with van der Waals surface area (Å²) in [4.78, 5) is 50.5. The van der Waals surface area contributed by atoms with E-state index in [1.807, 2.05) is 6.92 Å². The van der Waals surface area contributed by atoms with Crippen LogP contribution in [-0.2, 0) is 24.9 Å². The minimum Gasteiger partial charge on any atom is -0.334 e. The van der Waals surface area contributed by atoms with Crippen molar-refractivity contribution in [3.63, 3.8) is 0 Å². The molecule has 0 bridgehead atoms. The molecule has 0 saturated carbocycles. The lowest BCUT2D eigenvalue weighted by Gasteiger charge is -2.20. The highest BCUT2D eigenvalue weighted by atomic mass is 16.2. The van der Waals surface area contributed by atoms with E-state index in [2.05, 4.69) is 20.1 Å². The lowest BCUT2D eigenvalue weighted by molar-refractivity contribution is -0.132. The molecule has 10 heteroatoms. The van der Waals surface area contributed by atoms with Crippen molar-refractivity contribution in [1.82, 2.24) is 34.2 Å². The first-order chi connectivity index (χ1) is 14.0. The number of benzene rings is 1. The Hall–Kier alpha value is -3.82. The van der Waals surface area contributed by atoms with Gasteiger partial charge in [0.25, 0.3) is 11.1 Å². The summed E-state index contributed by atoms with van der Waals surface area (Å²) in [5, 5.41) is 4.87. The minimum absolute atomic E-state index is 0.132. The second-order valence-corrected chi connectivity index (χ2v) is 6.62. The highest BCUT2D eigenvalue weighted by Crippen LogP contribution is 2.08. The molecule has 0 saturated heterocycles. The smallest absolute Gasteiger partial charge is 0.264 e. The maximum Gasteiger partial charge on any atom is 0.264 e. The van der Waals surface area contributed by atoms with Gasteiger partial charge >= 0.3 is 0 Å². The average Bonchev–Trinajstić information content (AvgIpc) is 3.09. The van der Waals surface area contributed by atoms with E-state index in [9.17, 15) is 14.4 Å². The van der Waals surface area contributed by atoms with Gasteiger partial charge < -0.3 is 9.88 Å². The quantitative estimate of drug-likeness (QED) is 0.525. The van der Waals surface area contributed by atoms with Crippen LogP contribution in [0.3, 0.4) is 0 Å². The largest absolute Gasteiger partial charge is 0.334 e. The monoisotopic (exact) mass is 393 g/mol. The van der Waals surface area contributed by atoms with Gasteiger partial charge in [-0.15, -0.1) is 0 Å². The molecule has 0 atom stereocenters. The van der Waals surface area contributed by atoms with Crippen LogP contribution in [0, 0.1) is 0 Å². The molecule has 29 heavy (non-hydrogen) atoms. The van der Waals surface area contributed by atoms with Crippen molar-refractivity contribution in [3.05, 3.63) is 63.3 Å². The highest BCUT2D eigenvalue weighted by Gasteiger charge is 2.17. The Morgan fingerprint density at radius 1 is 1.21 bits per heavy atom. The summed E-state index contributed by atoms with van der Waals surface area (Å²) in [5.41, 5.74) is 0.447.